The molecule has 0 amide bonds. The molecule has 114 valence electrons. The number of anilines is 1. The van der Waals surface area contributed by atoms with Crippen LogP contribution in [-0.4, -0.2) is 51.0 Å². The van der Waals surface area contributed by atoms with Crippen molar-refractivity contribution < 1.29 is 4.74 Å². The second-order valence-corrected chi connectivity index (χ2v) is 5.60. The topological polar surface area (TPSA) is 71.9 Å². The van der Waals surface area contributed by atoms with Crippen molar-refractivity contribution in [2.45, 2.75) is 0 Å². The summed E-state index contributed by atoms with van der Waals surface area (Å²) in [4.78, 5) is 11.5. The molecule has 0 unspecified atom stereocenters. The van der Waals surface area contributed by atoms with Gasteiger partial charge in [-0.3, -0.25) is 5.10 Å². The van der Waals surface area contributed by atoms with Gasteiger partial charge < -0.3 is 14.2 Å². The SMILES string of the molecule is Cn1c(-c2cn[nH]c2)nc2c(N3CCOCC3)cc(Cl)nc21. The number of ether oxygens (including phenoxy) is 1. The number of aromatic nitrogens is 5. The maximum absolute atomic E-state index is 6.22. The highest BCUT2D eigenvalue weighted by Gasteiger charge is 2.20. The number of nitrogens with one attached hydrogen (secondary N) is 1. The minimum absolute atomic E-state index is 0.468. The first kappa shape index (κ1) is 13.5. The average Bonchev–Trinajstić information content (AvgIpc) is 3.16. The van der Waals surface area contributed by atoms with Gasteiger partial charge in [0, 0.05) is 32.4 Å². The normalized spacial score (nSPS) is 15.6. The Labute approximate surface area is 131 Å². The zero-order valence-electron chi connectivity index (χ0n) is 12.1. The number of morpholine rings is 1. The Morgan fingerprint density at radius 3 is 2.82 bits per heavy atom. The van der Waals surface area contributed by atoms with Crippen molar-refractivity contribution in [1.29, 1.82) is 0 Å². The van der Waals surface area contributed by atoms with Crippen LogP contribution in [0.15, 0.2) is 18.5 Å². The summed E-state index contributed by atoms with van der Waals surface area (Å²) in [5, 5.41) is 7.27. The maximum atomic E-state index is 6.22. The minimum atomic E-state index is 0.468. The lowest BCUT2D eigenvalue weighted by Crippen LogP contribution is -2.36. The molecule has 1 N–H and O–H groups in total. The number of halogens is 1. The summed E-state index contributed by atoms with van der Waals surface area (Å²) in [7, 11) is 1.93. The van der Waals surface area contributed by atoms with E-state index in [0.29, 0.717) is 18.4 Å². The summed E-state index contributed by atoms with van der Waals surface area (Å²) in [5.41, 5.74) is 3.54. The fraction of sp³-hybridized carbons (Fsp3) is 0.357. The van der Waals surface area contributed by atoms with Crippen LogP contribution in [0.4, 0.5) is 5.69 Å². The predicted molar refractivity (Wildman–Crippen MR) is 84.1 cm³/mol. The highest BCUT2D eigenvalue weighted by molar-refractivity contribution is 6.30. The van der Waals surface area contributed by atoms with Gasteiger partial charge in [-0.05, 0) is 0 Å². The standard InChI is InChI=1S/C14H15ClN6O/c1-20-13(9-7-16-17-8-9)19-12-10(6-11(15)18-14(12)20)21-2-4-22-5-3-21/h6-8H,2-5H2,1H3,(H,16,17). The van der Waals surface area contributed by atoms with E-state index in [9.17, 15) is 0 Å². The van der Waals surface area contributed by atoms with Crippen LogP contribution in [0.5, 0.6) is 0 Å². The fourth-order valence-electron chi connectivity index (χ4n) is 2.78. The zero-order valence-corrected chi connectivity index (χ0v) is 12.8. The van der Waals surface area contributed by atoms with Crippen LogP contribution in [0.25, 0.3) is 22.6 Å². The summed E-state index contributed by atoms with van der Waals surface area (Å²) in [6.45, 7) is 3.08. The van der Waals surface area contributed by atoms with E-state index in [2.05, 4.69) is 20.1 Å². The predicted octanol–water partition coefficient (Wildman–Crippen LogP) is 1.85. The van der Waals surface area contributed by atoms with Crippen molar-refractivity contribution in [2.24, 2.45) is 7.05 Å². The molecule has 0 radical (unpaired) electrons. The number of rotatable bonds is 2. The number of aromatic amines is 1. The second-order valence-electron chi connectivity index (χ2n) is 5.22. The maximum Gasteiger partial charge on any atom is 0.163 e. The van der Waals surface area contributed by atoms with Crippen molar-refractivity contribution in [3.63, 3.8) is 0 Å². The summed E-state index contributed by atoms with van der Waals surface area (Å²) in [6.07, 6.45) is 3.56. The Kier molecular flexibility index (Phi) is 3.24. The van der Waals surface area contributed by atoms with Crippen LogP contribution in [0.1, 0.15) is 0 Å². The quantitative estimate of drug-likeness (QED) is 0.730. The first-order chi connectivity index (χ1) is 10.7. The fourth-order valence-corrected chi connectivity index (χ4v) is 2.96. The van der Waals surface area contributed by atoms with Crippen LogP contribution >= 0.6 is 11.6 Å². The number of H-pyrrole nitrogens is 1. The van der Waals surface area contributed by atoms with Crippen LogP contribution in [0, 0.1) is 0 Å². The molecule has 1 aliphatic heterocycles. The van der Waals surface area contributed by atoms with Crippen molar-refractivity contribution in [3.8, 4) is 11.4 Å². The summed E-state index contributed by atoms with van der Waals surface area (Å²) in [5.74, 6) is 0.813. The summed E-state index contributed by atoms with van der Waals surface area (Å²) >= 11 is 6.22. The third-order valence-corrected chi connectivity index (χ3v) is 4.08. The van der Waals surface area contributed by atoms with E-state index in [1.54, 1.807) is 6.20 Å². The number of pyridine rings is 1. The number of hydrogen-bond donors (Lipinski definition) is 1. The monoisotopic (exact) mass is 318 g/mol. The van der Waals surface area contributed by atoms with Crippen LogP contribution in [0.2, 0.25) is 5.15 Å². The molecule has 0 aliphatic carbocycles. The minimum Gasteiger partial charge on any atom is -0.378 e. The van der Waals surface area contributed by atoms with E-state index < -0.39 is 0 Å². The first-order valence-corrected chi connectivity index (χ1v) is 7.46. The molecule has 4 rings (SSSR count). The van der Waals surface area contributed by atoms with Gasteiger partial charge in [0.05, 0.1) is 30.7 Å². The molecular formula is C14H15ClN6O. The molecule has 0 aromatic carbocycles. The van der Waals surface area contributed by atoms with Gasteiger partial charge in [0.1, 0.15) is 16.5 Å². The molecule has 1 aliphatic rings. The number of fused-ring (bicyclic) bond motifs is 1. The van der Waals surface area contributed by atoms with Crippen molar-refractivity contribution in [1.82, 2.24) is 24.7 Å². The molecule has 0 spiro atoms. The van der Waals surface area contributed by atoms with Gasteiger partial charge in [-0.15, -0.1) is 0 Å². The molecule has 1 fully saturated rings. The van der Waals surface area contributed by atoms with Gasteiger partial charge in [-0.1, -0.05) is 11.6 Å². The lowest BCUT2D eigenvalue weighted by molar-refractivity contribution is 0.123. The van der Waals surface area contributed by atoms with Crippen molar-refractivity contribution in [3.05, 3.63) is 23.6 Å². The van der Waals surface area contributed by atoms with Gasteiger partial charge in [-0.25, -0.2) is 9.97 Å². The van der Waals surface area contributed by atoms with Gasteiger partial charge >= 0.3 is 0 Å². The Bertz CT molecular complexity index is 806. The second kappa shape index (κ2) is 5.26. The molecular weight excluding hydrogens is 304 g/mol. The first-order valence-electron chi connectivity index (χ1n) is 7.09. The van der Waals surface area contributed by atoms with Gasteiger partial charge in [0.2, 0.25) is 0 Å². The van der Waals surface area contributed by atoms with E-state index in [1.165, 1.54) is 0 Å². The van der Waals surface area contributed by atoms with Crippen LogP contribution in [-0.2, 0) is 11.8 Å². The molecule has 0 saturated carbocycles. The Balaban J connectivity index is 1.91. The Morgan fingerprint density at radius 2 is 2.09 bits per heavy atom. The lowest BCUT2D eigenvalue weighted by atomic mass is 10.3. The zero-order chi connectivity index (χ0) is 15.1. The van der Waals surface area contributed by atoms with Crippen molar-refractivity contribution >= 4 is 28.5 Å². The number of aryl methyl sites for hydroxylation is 1. The Hall–Kier alpha value is -2.12. The van der Waals surface area contributed by atoms with E-state index in [4.69, 9.17) is 21.3 Å². The van der Waals surface area contributed by atoms with E-state index in [-0.39, 0.29) is 0 Å². The molecule has 0 atom stereocenters. The molecule has 3 aromatic heterocycles. The van der Waals surface area contributed by atoms with Gasteiger partial charge in [0.25, 0.3) is 0 Å². The van der Waals surface area contributed by atoms with E-state index in [1.807, 2.05) is 23.9 Å². The number of imidazole rings is 1. The molecule has 7 nitrogen and oxygen atoms in total. The highest BCUT2D eigenvalue weighted by atomic mass is 35.5. The smallest absolute Gasteiger partial charge is 0.163 e. The van der Waals surface area contributed by atoms with E-state index >= 15 is 0 Å². The molecule has 3 aromatic rings. The Morgan fingerprint density at radius 1 is 1.27 bits per heavy atom. The van der Waals surface area contributed by atoms with Crippen LogP contribution in [0.3, 0.4) is 0 Å². The largest absolute Gasteiger partial charge is 0.378 e. The van der Waals surface area contributed by atoms with Gasteiger partial charge in [-0.2, -0.15) is 5.10 Å². The number of nitrogens with zero attached hydrogens (tertiary/aromatic N) is 5. The molecule has 1 saturated heterocycles. The lowest BCUT2D eigenvalue weighted by Gasteiger charge is -2.28. The van der Waals surface area contributed by atoms with Crippen molar-refractivity contribution in [2.75, 3.05) is 31.2 Å². The molecule has 4 heterocycles. The molecule has 22 heavy (non-hydrogen) atoms. The highest BCUT2D eigenvalue weighted by Crippen LogP contribution is 2.31. The van der Waals surface area contributed by atoms with Crippen LogP contribution < -0.4 is 4.90 Å². The third-order valence-electron chi connectivity index (χ3n) is 3.88. The average molecular weight is 319 g/mol. The molecule has 0 bridgehead atoms. The molecule has 8 heteroatoms. The van der Waals surface area contributed by atoms with Gasteiger partial charge in [0.15, 0.2) is 5.65 Å². The van der Waals surface area contributed by atoms with E-state index in [0.717, 1.165) is 41.3 Å². The summed E-state index contributed by atoms with van der Waals surface area (Å²) in [6, 6.07) is 1.88. The third kappa shape index (κ3) is 2.13. The number of hydrogen-bond acceptors (Lipinski definition) is 5. The summed E-state index contributed by atoms with van der Waals surface area (Å²) < 4.78 is 7.36.